The van der Waals surface area contributed by atoms with Gasteiger partial charge in [-0.15, -0.1) is 0 Å². The van der Waals surface area contributed by atoms with Gasteiger partial charge in [-0.25, -0.2) is 9.97 Å². The van der Waals surface area contributed by atoms with Crippen LogP contribution in [0.15, 0.2) is 60.9 Å². The highest BCUT2D eigenvalue weighted by molar-refractivity contribution is 6.10. The number of aromatic nitrogens is 2. The fourth-order valence-corrected chi connectivity index (χ4v) is 4.41. The maximum Gasteiger partial charge on any atom is 0.235 e. The average Bonchev–Trinajstić information content (AvgIpc) is 2.94. The van der Waals surface area contributed by atoms with Crippen molar-refractivity contribution >= 4 is 23.5 Å². The number of benzene rings is 2. The number of nitrogen functional groups attached to an aromatic ring is 1. The number of amides is 2. The van der Waals surface area contributed by atoms with E-state index in [1.54, 1.807) is 36.1 Å². The van der Waals surface area contributed by atoms with Gasteiger partial charge in [0.25, 0.3) is 0 Å². The number of hydrogen-bond acceptors (Lipinski definition) is 8. The van der Waals surface area contributed by atoms with Crippen LogP contribution in [0.2, 0.25) is 0 Å². The van der Waals surface area contributed by atoms with Gasteiger partial charge in [-0.2, -0.15) is 0 Å². The summed E-state index contributed by atoms with van der Waals surface area (Å²) in [6, 6.07) is 16.0. The molecule has 1 aliphatic rings. The summed E-state index contributed by atoms with van der Waals surface area (Å²) in [5.74, 6) is 1.50. The molecule has 10 heteroatoms. The van der Waals surface area contributed by atoms with Gasteiger partial charge in [0.15, 0.2) is 0 Å². The molecule has 10 nitrogen and oxygen atoms in total. The molecule has 2 amide bonds. The minimum Gasteiger partial charge on any atom is -0.457 e. The number of nitrogens with one attached hydrogen (secondary N) is 1. The molecule has 3 aromatic rings. The first-order chi connectivity index (χ1) is 18.4. The van der Waals surface area contributed by atoms with E-state index in [1.807, 2.05) is 37.3 Å². The molecule has 1 atom stereocenters. The molecule has 0 spiro atoms. The van der Waals surface area contributed by atoms with Crippen molar-refractivity contribution in [1.82, 2.24) is 19.8 Å². The SMILES string of the molecule is CCC(=O)N1CCC[C@@H](N(C(=N)c2c(N)ncnc2Oc2ccc(Oc3ccccc3)cc2)C(=O)CC)C1. The summed E-state index contributed by atoms with van der Waals surface area (Å²) in [5, 5.41) is 9.02. The van der Waals surface area contributed by atoms with E-state index in [2.05, 4.69) is 9.97 Å². The number of anilines is 1. The summed E-state index contributed by atoms with van der Waals surface area (Å²) in [7, 11) is 0. The Labute approximate surface area is 221 Å². The zero-order valence-corrected chi connectivity index (χ0v) is 21.6. The average molecular weight is 517 g/mol. The second-order valence-corrected chi connectivity index (χ2v) is 8.88. The fourth-order valence-electron chi connectivity index (χ4n) is 4.41. The van der Waals surface area contributed by atoms with Gasteiger partial charge in [0.05, 0.1) is 6.04 Å². The minimum absolute atomic E-state index is 0.0234. The standard InChI is InChI=1S/C28H32N6O4/c1-3-23(35)33-16-8-9-19(17-33)34(24(36)4-2)27(30)25-26(29)31-18-32-28(25)38-22-14-12-21(13-15-22)37-20-10-6-5-7-11-20/h5-7,10-15,18-19,30H,3-4,8-9,16-17H2,1-2H3,(H2,29,31,32)/t19-/m1/s1. The van der Waals surface area contributed by atoms with Crippen LogP contribution in [0.5, 0.6) is 23.1 Å². The Kier molecular flexibility index (Phi) is 8.52. The molecule has 4 rings (SSSR count). The van der Waals surface area contributed by atoms with Crippen molar-refractivity contribution in [2.45, 2.75) is 45.6 Å². The van der Waals surface area contributed by atoms with Crippen LogP contribution in [0.25, 0.3) is 0 Å². The van der Waals surface area contributed by atoms with E-state index in [9.17, 15) is 9.59 Å². The molecule has 2 aromatic carbocycles. The molecule has 38 heavy (non-hydrogen) atoms. The van der Waals surface area contributed by atoms with Crippen molar-refractivity contribution in [2.24, 2.45) is 0 Å². The Balaban J connectivity index is 1.58. The maximum atomic E-state index is 13.1. The Hall–Kier alpha value is -4.47. The van der Waals surface area contributed by atoms with Gasteiger partial charge in [0.2, 0.25) is 17.7 Å². The van der Waals surface area contributed by atoms with Gasteiger partial charge in [0.1, 0.15) is 40.8 Å². The number of carbonyl (C=O) groups excluding carboxylic acids is 2. The predicted octanol–water partition coefficient (Wildman–Crippen LogP) is 4.61. The molecule has 198 valence electrons. The van der Waals surface area contributed by atoms with E-state index >= 15 is 0 Å². The Morgan fingerprint density at radius 1 is 1.00 bits per heavy atom. The highest BCUT2D eigenvalue weighted by atomic mass is 16.5. The summed E-state index contributed by atoms with van der Waals surface area (Å²) in [4.78, 5) is 36.9. The van der Waals surface area contributed by atoms with Crippen molar-refractivity contribution < 1.29 is 19.1 Å². The number of rotatable bonds is 8. The van der Waals surface area contributed by atoms with Crippen molar-refractivity contribution in [3.05, 3.63) is 66.5 Å². The zero-order valence-electron chi connectivity index (χ0n) is 21.6. The van der Waals surface area contributed by atoms with E-state index < -0.39 is 0 Å². The smallest absolute Gasteiger partial charge is 0.235 e. The Morgan fingerprint density at radius 3 is 2.32 bits per heavy atom. The van der Waals surface area contributed by atoms with Crippen LogP contribution in [-0.2, 0) is 9.59 Å². The van der Waals surface area contributed by atoms with Crippen LogP contribution < -0.4 is 15.2 Å². The van der Waals surface area contributed by atoms with E-state index in [0.29, 0.717) is 43.2 Å². The number of hydrogen-bond donors (Lipinski definition) is 2. The van der Waals surface area contributed by atoms with Crippen LogP contribution in [0.1, 0.15) is 45.1 Å². The van der Waals surface area contributed by atoms with Crippen molar-refractivity contribution in [3.63, 3.8) is 0 Å². The quantitative estimate of drug-likeness (QED) is 0.330. The lowest BCUT2D eigenvalue weighted by Gasteiger charge is -2.39. The van der Waals surface area contributed by atoms with E-state index in [0.717, 1.165) is 6.42 Å². The lowest BCUT2D eigenvalue weighted by atomic mass is 10.0. The molecular weight excluding hydrogens is 484 g/mol. The summed E-state index contributed by atoms with van der Waals surface area (Å²) in [6.07, 6.45) is 3.22. The second kappa shape index (κ2) is 12.2. The van der Waals surface area contributed by atoms with Gasteiger partial charge in [-0.05, 0) is 49.2 Å². The molecule has 0 radical (unpaired) electrons. The van der Waals surface area contributed by atoms with Crippen molar-refractivity contribution in [2.75, 3.05) is 18.8 Å². The van der Waals surface area contributed by atoms with Crippen LogP contribution >= 0.6 is 0 Å². The van der Waals surface area contributed by atoms with Crippen LogP contribution in [0.4, 0.5) is 5.82 Å². The summed E-state index contributed by atoms with van der Waals surface area (Å²) >= 11 is 0. The van der Waals surface area contributed by atoms with E-state index in [-0.39, 0.29) is 47.4 Å². The number of amidine groups is 1. The molecule has 1 fully saturated rings. The number of piperidine rings is 1. The normalized spacial score (nSPS) is 15.0. The van der Waals surface area contributed by atoms with Gasteiger partial charge in [-0.3, -0.25) is 19.9 Å². The summed E-state index contributed by atoms with van der Waals surface area (Å²) in [6.45, 7) is 4.55. The number of para-hydroxylation sites is 1. The van der Waals surface area contributed by atoms with Crippen molar-refractivity contribution in [1.29, 1.82) is 5.41 Å². The van der Waals surface area contributed by atoms with E-state index in [4.69, 9.17) is 20.6 Å². The number of carbonyl (C=O) groups is 2. The first kappa shape index (κ1) is 26.6. The highest BCUT2D eigenvalue weighted by Crippen LogP contribution is 2.31. The number of nitrogens with two attached hydrogens (primary N) is 1. The van der Waals surface area contributed by atoms with Gasteiger partial charge in [-0.1, -0.05) is 32.0 Å². The summed E-state index contributed by atoms with van der Waals surface area (Å²) in [5.41, 5.74) is 6.32. The van der Waals surface area contributed by atoms with Gasteiger partial charge in [0, 0.05) is 25.9 Å². The Bertz CT molecular complexity index is 1280. The number of ether oxygens (including phenoxy) is 2. The third kappa shape index (κ3) is 6.08. The molecule has 0 aliphatic carbocycles. The highest BCUT2D eigenvalue weighted by Gasteiger charge is 2.34. The molecular formula is C28H32N6O4. The molecule has 0 unspecified atom stereocenters. The first-order valence-electron chi connectivity index (χ1n) is 12.7. The third-order valence-corrected chi connectivity index (χ3v) is 6.32. The van der Waals surface area contributed by atoms with E-state index in [1.165, 1.54) is 11.2 Å². The predicted molar refractivity (Wildman–Crippen MR) is 143 cm³/mol. The maximum absolute atomic E-state index is 13.1. The monoisotopic (exact) mass is 516 g/mol. The molecule has 0 bridgehead atoms. The largest absolute Gasteiger partial charge is 0.457 e. The fraction of sp³-hybridized carbons (Fsp3) is 0.321. The zero-order chi connectivity index (χ0) is 27.1. The minimum atomic E-state index is -0.360. The molecule has 0 saturated carbocycles. The molecule has 1 aromatic heterocycles. The number of likely N-dealkylation sites (tertiary alicyclic amines) is 1. The summed E-state index contributed by atoms with van der Waals surface area (Å²) < 4.78 is 11.8. The number of nitrogens with zero attached hydrogens (tertiary/aromatic N) is 4. The van der Waals surface area contributed by atoms with Crippen LogP contribution in [0, 0.1) is 5.41 Å². The second-order valence-electron chi connectivity index (χ2n) is 8.88. The van der Waals surface area contributed by atoms with Crippen LogP contribution in [0.3, 0.4) is 0 Å². The first-order valence-corrected chi connectivity index (χ1v) is 12.7. The van der Waals surface area contributed by atoms with Crippen LogP contribution in [-0.4, -0.2) is 56.5 Å². The molecule has 2 heterocycles. The van der Waals surface area contributed by atoms with Gasteiger partial charge < -0.3 is 20.1 Å². The Morgan fingerprint density at radius 2 is 1.66 bits per heavy atom. The third-order valence-electron chi connectivity index (χ3n) is 6.32. The molecule has 1 aliphatic heterocycles. The molecule has 3 N–H and O–H groups in total. The van der Waals surface area contributed by atoms with Crippen molar-refractivity contribution in [3.8, 4) is 23.1 Å². The topological polar surface area (TPSA) is 135 Å². The van der Waals surface area contributed by atoms with Gasteiger partial charge >= 0.3 is 0 Å². The molecule has 1 saturated heterocycles. The lowest BCUT2D eigenvalue weighted by Crippen LogP contribution is -2.53. The lowest BCUT2D eigenvalue weighted by molar-refractivity contribution is -0.136.